The van der Waals surface area contributed by atoms with Crippen molar-refractivity contribution in [2.75, 3.05) is 6.61 Å². The molecular weight excluding hydrogens is 420 g/mol. The van der Waals surface area contributed by atoms with Crippen LogP contribution in [0, 0.1) is 17.8 Å². The molecule has 0 unspecified atom stereocenters. The number of rotatable bonds is 5. The third kappa shape index (κ3) is 4.78. The summed E-state index contributed by atoms with van der Waals surface area (Å²) in [5.41, 5.74) is 0.851. The second-order valence-corrected chi connectivity index (χ2v) is 9.98. The molecular formula is C23H36O9. The monoisotopic (exact) mass is 456 g/mol. The van der Waals surface area contributed by atoms with Crippen LogP contribution in [0.5, 0.6) is 0 Å². The maximum Gasteiger partial charge on any atom is 0.303 e. The number of carbonyl (C=O) groups is 2. The summed E-state index contributed by atoms with van der Waals surface area (Å²) < 4.78 is 17.4. The standard InChI is InChI=1S/C23H36O9/c1-10-6-17(30-22-21(29)20(28)19(27)18(9-24)31-22)15(23(4,5)32-12(3)25)7-14-11(2)16(26)8-13(10)14/h10,13,15,17-22,24,27-29H,6-9H2,1-5H3/t10-,13+,15-,17-,18+,19+,20-,21+,22+/m0/s1. The number of aliphatic hydroxyl groups is 4. The van der Waals surface area contributed by atoms with Crippen molar-refractivity contribution in [3.05, 3.63) is 11.1 Å². The van der Waals surface area contributed by atoms with Crippen LogP contribution in [0.4, 0.5) is 0 Å². The van der Waals surface area contributed by atoms with Crippen LogP contribution in [0.25, 0.3) is 0 Å². The molecule has 9 nitrogen and oxygen atoms in total. The van der Waals surface area contributed by atoms with Crippen LogP contribution in [0.2, 0.25) is 0 Å². The van der Waals surface area contributed by atoms with E-state index in [0.717, 1.165) is 11.1 Å². The Morgan fingerprint density at radius 1 is 1.16 bits per heavy atom. The zero-order chi connectivity index (χ0) is 24.0. The average Bonchev–Trinajstić information content (AvgIpc) is 2.90. The predicted octanol–water partition coefficient (Wildman–Crippen LogP) is 0.465. The lowest BCUT2D eigenvalue weighted by atomic mass is 9.80. The molecule has 1 saturated carbocycles. The SMILES string of the molecule is CC(=O)OC(C)(C)[C@H]1CC2=C(C)C(=O)C[C@@H]2[C@@H](C)C[C@@H]1O[C@@H]1O[C@H](CO)[C@@H](O)[C@H](O)[C@H]1O. The van der Waals surface area contributed by atoms with Gasteiger partial charge in [0, 0.05) is 19.3 Å². The lowest BCUT2D eigenvalue weighted by Gasteiger charge is -2.44. The van der Waals surface area contributed by atoms with Crippen molar-refractivity contribution >= 4 is 11.8 Å². The Morgan fingerprint density at radius 2 is 1.81 bits per heavy atom. The van der Waals surface area contributed by atoms with Crippen LogP contribution in [0.1, 0.15) is 53.9 Å². The van der Waals surface area contributed by atoms with Crippen LogP contribution in [-0.4, -0.2) is 81.2 Å². The van der Waals surface area contributed by atoms with Crippen molar-refractivity contribution in [3.63, 3.8) is 0 Å². The van der Waals surface area contributed by atoms with E-state index < -0.39 is 55.0 Å². The summed E-state index contributed by atoms with van der Waals surface area (Å²) in [6, 6.07) is 0. The molecule has 1 heterocycles. The van der Waals surface area contributed by atoms with Crippen LogP contribution in [0.3, 0.4) is 0 Å². The Morgan fingerprint density at radius 3 is 2.41 bits per heavy atom. The van der Waals surface area contributed by atoms with Gasteiger partial charge >= 0.3 is 5.97 Å². The maximum absolute atomic E-state index is 12.4. The normalized spacial score (nSPS) is 40.8. The summed E-state index contributed by atoms with van der Waals surface area (Å²) in [4.78, 5) is 24.2. The highest BCUT2D eigenvalue weighted by atomic mass is 16.7. The number of aliphatic hydroxyl groups excluding tert-OH is 4. The number of ketones is 1. The summed E-state index contributed by atoms with van der Waals surface area (Å²) in [6.45, 7) is 8.24. The fourth-order valence-corrected chi connectivity index (χ4v) is 5.49. The number of allylic oxidation sites excluding steroid dienone is 2. The Balaban J connectivity index is 1.94. The first-order chi connectivity index (χ1) is 14.9. The average molecular weight is 457 g/mol. The van der Waals surface area contributed by atoms with Crippen molar-refractivity contribution in [3.8, 4) is 0 Å². The lowest BCUT2D eigenvalue weighted by Crippen LogP contribution is -2.60. The zero-order valence-electron chi connectivity index (χ0n) is 19.4. The molecule has 3 rings (SSSR count). The van der Waals surface area contributed by atoms with Crippen LogP contribution >= 0.6 is 0 Å². The number of hydrogen-bond acceptors (Lipinski definition) is 9. The van der Waals surface area contributed by atoms with Crippen molar-refractivity contribution in [1.82, 2.24) is 0 Å². The number of carbonyl (C=O) groups excluding carboxylic acids is 2. The first-order valence-corrected chi connectivity index (χ1v) is 11.3. The van der Waals surface area contributed by atoms with E-state index in [1.807, 2.05) is 13.8 Å². The highest BCUT2D eigenvalue weighted by molar-refractivity contribution is 5.98. The van der Waals surface area contributed by atoms with Gasteiger partial charge in [-0.2, -0.15) is 0 Å². The fourth-order valence-electron chi connectivity index (χ4n) is 5.49. The van der Waals surface area contributed by atoms with Crippen LogP contribution in [0.15, 0.2) is 11.1 Å². The molecule has 1 aliphatic heterocycles. The smallest absolute Gasteiger partial charge is 0.303 e. The molecule has 0 aromatic heterocycles. The van der Waals surface area contributed by atoms with Crippen LogP contribution < -0.4 is 0 Å². The second kappa shape index (κ2) is 9.48. The number of esters is 1. The van der Waals surface area contributed by atoms with Crippen molar-refractivity contribution in [2.24, 2.45) is 17.8 Å². The van der Waals surface area contributed by atoms with Gasteiger partial charge in [-0.1, -0.05) is 12.5 Å². The quantitative estimate of drug-likeness (QED) is 0.434. The van der Waals surface area contributed by atoms with Gasteiger partial charge in [-0.05, 0) is 51.0 Å². The molecule has 2 aliphatic carbocycles. The van der Waals surface area contributed by atoms with E-state index in [1.54, 1.807) is 13.8 Å². The van der Waals surface area contributed by atoms with Gasteiger partial charge in [-0.25, -0.2) is 0 Å². The Hall–Kier alpha value is -1.36. The molecule has 0 bridgehead atoms. The molecule has 182 valence electrons. The van der Waals surface area contributed by atoms with E-state index in [4.69, 9.17) is 14.2 Å². The van der Waals surface area contributed by atoms with Gasteiger partial charge in [0.1, 0.15) is 30.0 Å². The first kappa shape index (κ1) is 25.3. The van der Waals surface area contributed by atoms with E-state index in [9.17, 15) is 30.0 Å². The minimum absolute atomic E-state index is 0.0709. The molecule has 2 fully saturated rings. The third-order valence-corrected chi connectivity index (χ3v) is 7.39. The highest BCUT2D eigenvalue weighted by Crippen LogP contribution is 2.48. The second-order valence-electron chi connectivity index (χ2n) is 9.98. The van der Waals surface area contributed by atoms with Crippen molar-refractivity contribution < 1.29 is 44.2 Å². The number of ether oxygens (including phenoxy) is 3. The maximum atomic E-state index is 12.4. The minimum atomic E-state index is -1.55. The van der Waals surface area contributed by atoms with Gasteiger partial charge < -0.3 is 34.6 Å². The van der Waals surface area contributed by atoms with Gasteiger partial charge in [0.15, 0.2) is 12.1 Å². The molecule has 1 saturated heterocycles. The molecule has 0 spiro atoms. The van der Waals surface area contributed by atoms with Gasteiger partial charge in [0.05, 0.1) is 12.7 Å². The third-order valence-electron chi connectivity index (χ3n) is 7.39. The van der Waals surface area contributed by atoms with E-state index in [-0.39, 0.29) is 23.5 Å². The number of fused-ring (bicyclic) bond motifs is 1. The molecule has 0 amide bonds. The molecule has 0 aromatic rings. The molecule has 0 aromatic carbocycles. The molecule has 32 heavy (non-hydrogen) atoms. The first-order valence-electron chi connectivity index (χ1n) is 11.3. The Kier molecular flexibility index (Phi) is 7.49. The van der Waals surface area contributed by atoms with Crippen molar-refractivity contribution in [1.29, 1.82) is 0 Å². The summed E-state index contributed by atoms with van der Waals surface area (Å²) in [7, 11) is 0. The largest absolute Gasteiger partial charge is 0.459 e. The Labute approximate surface area is 188 Å². The minimum Gasteiger partial charge on any atom is -0.459 e. The van der Waals surface area contributed by atoms with Crippen LogP contribution in [-0.2, 0) is 23.8 Å². The summed E-state index contributed by atoms with van der Waals surface area (Å²) in [6.07, 6.45) is -6.02. The molecule has 0 radical (unpaired) electrons. The molecule has 4 N–H and O–H groups in total. The Bertz CT molecular complexity index is 759. The van der Waals surface area contributed by atoms with Gasteiger partial charge in [-0.15, -0.1) is 0 Å². The van der Waals surface area contributed by atoms with E-state index in [2.05, 4.69) is 0 Å². The summed E-state index contributed by atoms with van der Waals surface area (Å²) in [5, 5.41) is 40.2. The molecule has 3 aliphatic rings. The molecule has 9 atom stereocenters. The van der Waals surface area contributed by atoms with Gasteiger partial charge in [0.25, 0.3) is 0 Å². The number of hydrogen-bond donors (Lipinski definition) is 4. The van der Waals surface area contributed by atoms with Gasteiger partial charge in [0.2, 0.25) is 0 Å². The predicted molar refractivity (Wildman–Crippen MR) is 112 cm³/mol. The van der Waals surface area contributed by atoms with E-state index in [0.29, 0.717) is 19.3 Å². The molecule has 9 heteroatoms. The zero-order valence-corrected chi connectivity index (χ0v) is 19.4. The number of Topliss-reactive ketones (excluding diaryl/α,β-unsaturated/α-hetero) is 1. The van der Waals surface area contributed by atoms with Gasteiger partial charge in [-0.3, -0.25) is 9.59 Å². The summed E-state index contributed by atoms with van der Waals surface area (Å²) >= 11 is 0. The van der Waals surface area contributed by atoms with E-state index >= 15 is 0 Å². The van der Waals surface area contributed by atoms with Crippen molar-refractivity contribution in [2.45, 2.75) is 96.3 Å². The fraction of sp³-hybridized carbons (Fsp3) is 0.826. The topological polar surface area (TPSA) is 143 Å². The van der Waals surface area contributed by atoms with E-state index in [1.165, 1.54) is 6.92 Å². The highest BCUT2D eigenvalue weighted by Gasteiger charge is 2.50. The summed E-state index contributed by atoms with van der Waals surface area (Å²) in [5.74, 6) is -0.513. The lowest BCUT2D eigenvalue weighted by molar-refractivity contribution is -0.319.